The van der Waals surface area contributed by atoms with Crippen molar-refractivity contribution in [2.45, 2.75) is 44.2 Å². The monoisotopic (exact) mass is 212 g/mol. The van der Waals surface area contributed by atoms with Crippen molar-refractivity contribution in [3.63, 3.8) is 0 Å². The van der Waals surface area contributed by atoms with Crippen LogP contribution in [0.2, 0.25) is 0 Å². The molecule has 2 N–H and O–H groups in total. The lowest BCUT2D eigenvalue weighted by molar-refractivity contribution is -0.140. The van der Waals surface area contributed by atoms with Crippen LogP contribution >= 0.6 is 0 Å². The molecule has 86 valence electrons. The molecule has 0 aromatic rings. The molecule has 0 aromatic heterocycles. The molecule has 0 aromatic carbocycles. The van der Waals surface area contributed by atoms with E-state index in [1.54, 1.807) is 0 Å². The van der Waals surface area contributed by atoms with Gasteiger partial charge < -0.3 is 15.3 Å². The van der Waals surface area contributed by atoms with E-state index in [1.165, 1.54) is 19.3 Å². The predicted octanol–water partition coefficient (Wildman–Crippen LogP) is 0.677. The molecular formula is C11H20N2O2. The summed E-state index contributed by atoms with van der Waals surface area (Å²) < 4.78 is 0. The van der Waals surface area contributed by atoms with Crippen LogP contribution < -0.4 is 5.32 Å². The molecule has 2 heterocycles. The van der Waals surface area contributed by atoms with Crippen molar-refractivity contribution in [1.82, 2.24) is 10.2 Å². The van der Waals surface area contributed by atoms with Crippen molar-refractivity contribution < 1.29 is 9.90 Å². The summed E-state index contributed by atoms with van der Waals surface area (Å²) in [5.74, 6) is -0.697. The van der Waals surface area contributed by atoms with Gasteiger partial charge in [-0.25, -0.2) is 0 Å². The molecule has 0 spiro atoms. The molecule has 2 rings (SSSR count). The van der Waals surface area contributed by atoms with Gasteiger partial charge in [0.25, 0.3) is 0 Å². The minimum Gasteiger partial charge on any atom is -0.480 e. The molecule has 4 heteroatoms. The summed E-state index contributed by atoms with van der Waals surface area (Å²) in [5, 5.41) is 12.0. The molecule has 0 amide bonds. The maximum Gasteiger partial charge on any atom is 0.320 e. The van der Waals surface area contributed by atoms with Crippen molar-refractivity contribution in [2.24, 2.45) is 0 Å². The van der Waals surface area contributed by atoms with Crippen molar-refractivity contribution in [3.05, 3.63) is 0 Å². The first kappa shape index (κ1) is 10.9. The molecule has 0 radical (unpaired) electrons. The smallest absolute Gasteiger partial charge is 0.320 e. The third kappa shape index (κ3) is 2.69. The number of piperidine rings is 2. The summed E-state index contributed by atoms with van der Waals surface area (Å²) in [7, 11) is 0. The van der Waals surface area contributed by atoms with Crippen LogP contribution in [0.15, 0.2) is 0 Å². The maximum absolute atomic E-state index is 10.9. The second-order valence-corrected chi connectivity index (χ2v) is 4.62. The summed E-state index contributed by atoms with van der Waals surface area (Å²) >= 11 is 0. The van der Waals surface area contributed by atoms with E-state index in [0.717, 1.165) is 32.5 Å². The molecule has 2 fully saturated rings. The fourth-order valence-electron chi connectivity index (χ4n) is 2.70. The number of likely N-dealkylation sites (tertiary alicyclic amines) is 1. The van der Waals surface area contributed by atoms with E-state index in [-0.39, 0.29) is 6.04 Å². The Labute approximate surface area is 90.6 Å². The summed E-state index contributed by atoms with van der Waals surface area (Å²) in [6.07, 6.45) is 5.77. The van der Waals surface area contributed by atoms with Gasteiger partial charge in [-0.2, -0.15) is 0 Å². The van der Waals surface area contributed by atoms with Gasteiger partial charge in [0, 0.05) is 6.04 Å². The Kier molecular flexibility index (Phi) is 3.59. The zero-order valence-electron chi connectivity index (χ0n) is 9.11. The van der Waals surface area contributed by atoms with Crippen LogP contribution in [0.4, 0.5) is 0 Å². The second-order valence-electron chi connectivity index (χ2n) is 4.62. The molecule has 2 aliphatic rings. The number of carbonyl (C=O) groups is 1. The molecule has 4 nitrogen and oxygen atoms in total. The Bertz CT molecular complexity index is 227. The fraction of sp³-hybridized carbons (Fsp3) is 0.909. The summed E-state index contributed by atoms with van der Waals surface area (Å²) in [5.41, 5.74) is 0. The highest BCUT2D eigenvalue weighted by Gasteiger charge is 2.30. The third-order valence-corrected chi connectivity index (χ3v) is 3.58. The first-order chi connectivity index (χ1) is 7.27. The van der Waals surface area contributed by atoms with E-state index >= 15 is 0 Å². The predicted molar refractivity (Wildman–Crippen MR) is 57.9 cm³/mol. The van der Waals surface area contributed by atoms with E-state index in [9.17, 15) is 4.79 Å². The van der Waals surface area contributed by atoms with Gasteiger partial charge in [-0.1, -0.05) is 6.42 Å². The van der Waals surface area contributed by atoms with Gasteiger partial charge in [-0.3, -0.25) is 4.79 Å². The summed E-state index contributed by atoms with van der Waals surface area (Å²) in [4.78, 5) is 13.4. The average Bonchev–Trinajstić information content (AvgIpc) is 2.30. The van der Waals surface area contributed by atoms with Gasteiger partial charge in [0.2, 0.25) is 0 Å². The Morgan fingerprint density at radius 3 is 2.67 bits per heavy atom. The van der Waals surface area contributed by atoms with E-state index in [2.05, 4.69) is 10.2 Å². The van der Waals surface area contributed by atoms with Crippen molar-refractivity contribution in [2.75, 3.05) is 19.6 Å². The highest BCUT2D eigenvalue weighted by Crippen LogP contribution is 2.20. The zero-order chi connectivity index (χ0) is 10.7. The Morgan fingerprint density at radius 1 is 1.27 bits per heavy atom. The summed E-state index contributed by atoms with van der Waals surface area (Å²) in [6.45, 7) is 3.17. The average molecular weight is 212 g/mol. The molecule has 2 atom stereocenters. The SMILES string of the molecule is O=C(O)C1CC(N2CCCCC2)CCN1. The van der Waals surface area contributed by atoms with E-state index < -0.39 is 5.97 Å². The minimum atomic E-state index is -0.697. The van der Waals surface area contributed by atoms with Crippen LogP contribution in [0.25, 0.3) is 0 Å². The van der Waals surface area contributed by atoms with Crippen molar-refractivity contribution in [3.8, 4) is 0 Å². The molecule has 0 aliphatic carbocycles. The Morgan fingerprint density at radius 2 is 2.00 bits per heavy atom. The largest absolute Gasteiger partial charge is 0.480 e. The number of carboxylic acid groups (broad SMARTS) is 1. The van der Waals surface area contributed by atoms with E-state index in [1.807, 2.05) is 0 Å². The number of aliphatic carboxylic acids is 1. The zero-order valence-corrected chi connectivity index (χ0v) is 9.11. The van der Waals surface area contributed by atoms with Crippen LogP contribution in [0.5, 0.6) is 0 Å². The highest BCUT2D eigenvalue weighted by atomic mass is 16.4. The normalized spacial score (nSPS) is 33.9. The quantitative estimate of drug-likeness (QED) is 0.706. The van der Waals surface area contributed by atoms with Gasteiger partial charge in [0.05, 0.1) is 0 Å². The molecule has 2 saturated heterocycles. The second kappa shape index (κ2) is 4.94. The van der Waals surface area contributed by atoms with Gasteiger partial charge >= 0.3 is 5.97 Å². The van der Waals surface area contributed by atoms with Gasteiger partial charge in [0.1, 0.15) is 6.04 Å². The lowest BCUT2D eigenvalue weighted by atomic mass is 9.96. The Hall–Kier alpha value is -0.610. The van der Waals surface area contributed by atoms with Crippen LogP contribution in [0.1, 0.15) is 32.1 Å². The van der Waals surface area contributed by atoms with Crippen molar-refractivity contribution >= 4 is 5.97 Å². The van der Waals surface area contributed by atoms with Crippen LogP contribution in [-0.4, -0.2) is 47.7 Å². The number of nitrogens with zero attached hydrogens (tertiary/aromatic N) is 1. The number of rotatable bonds is 2. The topological polar surface area (TPSA) is 52.6 Å². The molecule has 2 aliphatic heterocycles. The molecule has 2 unspecified atom stereocenters. The van der Waals surface area contributed by atoms with Crippen LogP contribution in [0, 0.1) is 0 Å². The van der Waals surface area contributed by atoms with Gasteiger partial charge in [-0.05, 0) is 45.3 Å². The minimum absolute atomic E-state index is 0.328. The standard InChI is InChI=1S/C11H20N2O2/c14-11(15)10-8-9(4-5-12-10)13-6-2-1-3-7-13/h9-10,12H,1-8H2,(H,14,15). The highest BCUT2D eigenvalue weighted by molar-refractivity contribution is 5.73. The number of hydrogen-bond acceptors (Lipinski definition) is 3. The van der Waals surface area contributed by atoms with E-state index in [4.69, 9.17) is 5.11 Å². The Balaban J connectivity index is 1.88. The molecule has 0 bridgehead atoms. The maximum atomic E-state index is 10.9. The lowest BCUT2D eigenvalue weighted by Gasteiger charge is -2.38. The number of carboxylic acids is 1. The first-order valence-electron chi connectivity index (χ1n) is 5.97. The van der Waals surface area contributed by atoms with E-state index in [0.29, 0.717) is 6.04 Å². The first-order valence-corrected chi connectivity index (χ1v) is 5.97. The summed E-state index contributed by atoms with van der Waals surface area (Å²) in [6, 6.07) is 0.165. The van der Waals surface area contributed by atoms with Crippen molar-refractivity contribution in [1.29, 1.82) is 0 Å². The molecule has 0 saturated carbocycles. The van der Waals surface area contributed by atoms with Gasteiger partial charge in [-0.15, -0.1) is 0 Å². The van der Waals surface area contributed by atoms with Crippen LogP contribution in [0.3, 0.4) is 0 Å². The number of nitrogens with one attached hydrogen (secondary N) is 1. The fourth-order valence-corrected chi connectivity index (χ4v) is 2.70. The van der Waals surface area contributed by atoms with Crippen LogP contribution in [-0.2, 0) is 4.79 Å². The molecular weight excluding hydrogens is 192 g/mol. The number of hydrogen-bond donors (Lipinski definition) is 2. The lowest BCUT2D eigenvalue weighted by Crippen LogP contribution is -2.51. The molecule has 15 heavy (non-hydrogen) atoms. The third-order valence-electron chi connectivity index (χ3n) is 3.58. The van der Waals surface area contributed by atoms with Gasteiger partial charge in [0.15, 0.2) is 0 Å².